The maximum Gasteiger partial charge on any atom is 0.352 e. The molecule has 0 amide bonds. The topological polar surface area (TPSA) is 68.5 Å². The summed E-state index contributed by atoms with van der Waals surface area (Å²) in [4.78, 5) is 23.6. The summed E-state index contributed by atoms with van der Waals surface area (Å²) in [6, 6.07) is 6.53. The Morgan fingerprint density at radius 1 is 1.37 bits per heavy atom. The van der Waals surface area contributed by atoms with Gasteiger partial charge in [0.15, 0.2) is 0 Å². The molecule has 0 bridgehead atoms. The van der Waals surface area contributed by atoms with Crippen LogP contribution in [0.5, 0.6) is 5.75 Å². The molecule has 0 saturated carbocycles. The van der Waals surface area contributed by atoms with Crippen molar-refractivity contribution in [2.24, 2.45) is 0 Å². The lowest BCUT2D eigenvalue weighted by Crippen LogP contribution is -2.26. The van der Waals surface area contributed by atoms with Gasteiger partial charge >= 0.3 is 5.97 Å². The first kappa shape index (κ1) is 13.1. The van der Waals surface area contributed by atoms with E-state index < -0.39 is 5.97 Å². The molecular formula is C14H15NO4. The number of carbonyl (C=O) groups is 1. The van der Waals surface area contributed by atoms with E-state index in [0.717, 1.165) is 0 Å². The SMILES string of the molecule is CCCn1c(C(=O)O)cc2cc(OC)ccc2c1=O. The molecule has 1 aromatic heterocycles. The van der Waals surface area contributed by atoms with Crippen LogP contribution < -0.4 is 10.3 Å². The summed E-state index contributed by atoms with van der Waals surface area (Å²) in [5.74, 6) is -0.508. The number of nitrogens with zero attached hydrogens (tertiary/aromatic N) is 1. The van der Waals surface area contributed by atoms with Crippen molar-refractivity contribution >= 4 is 16.7 Å². The Bertz CT molecular complexity index is 688. The van der Waals surface area contributed by atoms with Crippen LogP contribution in [0.4, 0.5) is 0 Å². The highest BCUT2D eigenvalue weighted by molar-refractivity contribution is 5.92. The van der Waals surface area contributed by atoms with E-state index in [1.165, 1.54) is 17.7 Å². The Morgan fingerprint density at radius 2 is 2.11 bits per heavy atom. The largest absolute Gasteiger partial charge is 0.497 e. The average Bonchev–Trinajstić information content (AvgIpc) is 2.41. The van der Waals surface area contributed by atoms with Gasteiger partial charge in [-0.1, -0.05) is 6.92 Å². The number of hydrogen-bond acceptors (Lipinski definition) is 3. The van der Waals surface area contributed by atoms with Gasteiger partial charge in [0.1, 0.15) is 11.4 Å². The standard InChI is InChI=1S/C14H15NO4/c1-3-6-15-12(14(17)18)8-9-7-10(19-2)4-5-11(9)13(15)16/h4-5,7-8H,3,6H2,1-2H3,(H,17,18). The second kappa shape index (κ2) is 5.14. The highest BCUT2D eigenvalue weighted by Crippen LogP contribution is 2.19. The lowest BCUT2D eigenvalue weighted by molar-refractivity contribution is 0.0683. The van der Waals surface area contributed by atoms with Crippen LogP contribution in [-0.2, 0) is 6.54 Å². The normalized spacial score (nSPS) is 10.6. The third-order valence-corrected chi connectivity index (χ3v) is 2.98. The van der Waals surface area contributed by atoms with Crippen LogP contribution in [0.3, 0.4) is 0 Å². The molecule has 0 atom stereocenters. The summed E-state index contributed by atoms with van der Waals surface area (Å²) >= 11 is 0. The Labute approximate surface area is 110 Å². The van der Waals surface area contributed by atoms with Gasteiger partial charge in [0, 0.05) is 11.9 Å². The minimum Gasteiger partial charge on any atom is -0.497 e. The molecule has 1 aromatic carbocycles. The second-order valence-corrected chi connectivity index (χ2v) is 4.24. The van der Waals surface area contributed by atoms with Crippen molar-refractivity contribution in [3.05, 3.63) is 40.3 Å². The first-order valence-corrected chi connectivity index (χ1v) is 6.03. The number of carboxylic acids is 1. The molecule has 2 rings (SSSR count). The second-order valence-electron chi connectivity index (χ2n) is 4.24. The molecule has 0 unspecified atom stereocenters. The zero-order valence-electron chi connectivity index (χ0n) is 10.8. The first-order chi connectivity index (χ1) is 9.08. The summed E-state index contributed by atoms with van der Waals surface area (Å²) in [5.41, 5.74) is -0.271. The van der Waals surface area contributed by atoms with Gasteiger partial charge in [-0.05, 0) is 36.1 Å². The molecule has 0 aliphatic heterocycles. The minimum absolute atomic E-state index is 0.00704. The predicted molar refractivity (Wildman–Crippen MR) is 72.0 cm³/mol. The van der Waals surface area contributed by atoms with E-state index in [1.807, 2.05) is 6.92 Å². The van der Waals surface area contributed by atoms with Gasteiger partial charge in [-0.2, -0.15) is 0 Å². The molecule has 5 heteroatoms. The lowest BCUT2D eigenvalue weighted by atomic mass is 10.1. The van der Waals surface area contributed by atoms with E-state index in [2.05, 4.69) is 0 Å². The number of pyridine rings is 1. The van der Waals surface area contributed by atoms with Crippen LogP contribution in [0.25, 0.3) is 10.8 Å². The molecule has 100 valence electrons. The van der Waals surface area contributed by atoms with Crippen LogP contribution in [-0.4, -0.2) is 22.8 Å². The van der Waals surface area contributed by atoms with E-state index >= 15 is 0 Å². The number of benzene rings is 1. The number of fused-ring (bicyclic) bond motifs is 1. The van der Waals surface area contributed by atoms with Gasteiger partial charge in [-0.15, -0.1) is 0 Å². The van der Waals surface area contributed by atoms with Crippen LogP contribution in [0.1, 0.15) is 23.8 Å². The average molecular weight is 261 g/mol. The smallest absolute Gasteiger partial charge is 0.352 e. The van der Waals surface area contributed by atoms with Gasteiger partial charge in [-0.3, -0.25) is 4.79 Å². The van der Waals surface area contributed by atoms with Crippen molar-refractivity contribution in [1.29, 1.82) is 0 Å². The van der Waals surface area contributed by atoms with Gasteiger partial charge in [-0.25, -0.2) is 4.79 Å². The van der Waals surface area contributed by atoms with Crippen molar-refractivity contribution < 1.29 is 14.6 Å². The van der Waals surface area contributed by atoms with Crippen LogP contribution >= 0.6 is 0 Å². The first-order valence-electron chi connectivity index (χ1n) is 6.03. The number of ether oxygens (including phenoxy) is 1. The summed E-state index contributed by atoms with van der Waals surface area (Å²) in [5, 5.41) is 10.3. The summed E-state index contributed by atoms with van der Waals surface area (Å²) in [6.07, 6.45) is 0.696. The number of rotatable bonds is 4. The van der Waals surface area contributed by atoms with Gasteiger partial charge in [0.05, 0.1) is 7.11 Å². The Morgan fingerprint density at radius 3 is 2.68 bits per heavy atom. The maximum atomic E-state index is 12.3. The zero-order chi connectivity index (χ0) is 14.0. The Balaban J connectivity index is 2.80. The molecule has 19 heavy (non-hydrogen) atoms. The number of hydrogen-bond donors (Lipinski definition) is 1. The highest BCUT2D eigenvalue weighted by atomic mass is 16.5. The molecular weight excluding hydrogens is 246 g/mol. The quantitative estimate of drug-likeness (QED) is 0.915. The maximum absolute atomic E-state index is 12.3. The van der Waals surface area contributed by atoms with Crippen LogP contribution in [0.15, 0.2) is 29.1 Å². The summed E-state index contributed by atoms with van der Waals surface area (Å²) < 4.78 is 6.39. The van der Waals surface area contributed by atoms with Crippen LogP contribution in [0, 0.1) is 0 Å². The molecule has 0 aliphatic carbocycles. The van der Waals surface area contributed by atoms with Crippen molar-refractivity contribution in [2.45, 2.75) is 19.9 Å². The minimum atomic E-state index is -1.10. The Hall–Kier alpha value is -2.30. The molecule has 0 spiro atoms. The molecule has 0 saturated heterocycles. The molecule has 0 aliphatic rings. The van der Waals surface area contributed by atoms with E-state index in [4.69, 9.17) is 4.74 Å². The fourth-order valence-electron chi connectivity index (χ4n) is 2.08. The van der Waals surface area contributed by atoms with Crippen molar-refractivity contribution in [3.8, 4) is 5.75 Å². The molecule has 2 aromatic rings. The number of methoxy groups -OCH3 is 1. The zero-order valence-corrected chi connectivity index (χ0v) is 10.8. The summed E-state index contributed by atoms with van der Waals surface area (Å²) in [6.45, 7) is 2.29. The number of aromatic carboxylic acids is 1. The third-order valence-electron chi connectivity index (χ3n) is 2.98. The van der Waals surface area contributed by atoms with E-state index in [1.54, 1.807) is 18.2 Å². The lowest BCUT2D eigenvalue weighted by Gasteiger charge is -2.11. The molecule has 0 radical (unpaired) electrons. The molecule has 0 fully saturated rings. The molecule has 5 nitrogen and oxygen atoms in total. The Kier molecular flexibility index (Phi) is 3.55. The van der Waals surface area contributed by atoms with Gasteiger partial charge < -0.3 is 14.4 Å². The van der Waals surface area contributed by atoms with Crippen molar-refractivity contribution in [1.82, 2.24) is 4.57 Å². The van der Waals surface area contributed by atoms with E-state index in [-0.39, 0.29) is 11.3 Å². The molecule has 1 heterocycles. The van der Waals surface area contributed by atoms with Gasteiger partial charge in [0.25, 0.3) is 5.56 Å². The fraction of sp³-hybridized carbons (Fsp3) is 0.286. The van der Waals surface area contributed by atoms with E-state index in [0.29, 0.717) is 29.5 Å². The fourth-order valence-corrected chi connectivity index (χ4v) is 2.08. The third kappa shape index (κ3) is 2.31. The van der Waals surface area contributed by atoms with Crippen LogP contribution in [0.2, 0.25) is 0 Å². The number of aromatic nitrogens is 1. The highest BCUT2D eigenvalue weighted by Gasteiger charge is 2.14. The van der Waals surface area contributed by atoms with Crippen molar-refractivity contribution in [3.63, 3.8) is 0 Å². The summed E-state index contributed by atoms with van der Waals surface area (Å²) in [7, 11) is 1.53. The van der Waals surface area contributed by atoms with Gasteiger partial charge in [0.2, 0.25) is 0 Å². The van der Waals surface area contributed by atoms with E-state index in [9.17, 15) is 14.7 Å². The number of carboxylic acid groups (broad SMARTS) is 1. The molecule has 1 N–H and O–H groups in total. The predicted octanol–water partition coefficient (Wildman–Crippen LogP) is 2.12. The van der Waals surface area contributed by atoms with Crippen molar-refractivity contribution in [2.75, 3.05) is 7.11 Å². The monoisotopic (exact) mass is 261 g/mol.